The van der Waals surface area contributed by atoms with Crippen molar-refractivity contribution < 1.29 is 19.1 Å². The summed E-state index contributed by atoms with van der Waals surface area (Å²) in [4.78, 5) is 28.0. The highest BCUT2D eigenvalue weighted by molar-refractivity contribution is 6.04. The van der Waals surface area contributed by atoms with Crippen LogP contribution < -0.4 is 14.8 Å². The molecule has 0 spiro atoms. The Morgan fingerprint density at radius 2 is 1.77 bits per heavy atom. The molecule has 0 aliphatic carbocycles. The number of benzene rings is 1. The van der Waals surface area contributed by atoms with Gasteiger partial charge in [0.05, 0.1) is 6.61 Å². The van der Waals surface area contributed by atoms with Gasteiger partial charge in [-0.3, -0.25) is 9.69 Å². The Hall–Kier alpha value is -2.28. The van der Waals surface area contributed by atoms with Crippen LogP contribution in [-0.4, -0.2) is 67.2 Å². The molecule has 0 saturated carbocycles. The van der Waals surface area contributed by atoms with Gasteiger partial charge < -0.3 is 19.7 Å². The summed E-state index contributed by atoms with van der Waals surface area (Å²) in [7, 11) is 0. The quantitative estimate of drug-likeness (QED) is 0.393. The number of amides is 3. The number of hydrogen-bond acceptors (Lipinski definition) is 5. The van der Waals surface area contributed by atoms with E-state index in [1.807, 2.05) is 31.2 Å². The third-order valence-corrected chi connectivity index (χ3v) is 5.70. The maximum atomic E-state index is 12.4. The molecule has 2 heterocycles. The predicted molar refractivity (Wildman–Crippen MR) is 116 cm³/mol. The average Bonchev–Trinajstić information content (AvgIpc) is 3.01. The van der Waals surface area contributed by atoms with E-state index in [4.69, 9.17) is 9.47 Å². The monoisotopic (exact) mass is 417 g/mol. The van der Waals surface area contributed by atoms with E-state index in [0.717, 1.165) is 76.1 Å². The molecule has 2 fully saturated rings. The Balaban J connectivity index is 1.21. The number of unbranched alkanes of at least 4 members (excludes halogenated alkanes) is 3. The fraction of sp³-hybridized carbons (Fsp3) is 0.652. The number of nitrogens with one attached hydrogen (secondary N) is 1. The molecule has 1 N–H and O–H groups in total. The molecule has 2 aliphatic heterocycles. The van der Waals surface area contributed by atoms with Crippen LogP contribution in [0.3, 0.4) is 0 Å². The molecule has 166 valence electrons. The second kappa shape index (κ2) is 11.8. The van der Waals surface area contributed by atoms with Crippen LogP contribution in [0.2, 0.25) is 0 Å². The van der Waals surface area contributed by atoms with Crippen LogP contribution in [0.25, 0.3) is 0 Å². The van der Waals surface area contributed by atoms with Gasteiger partial charge in [0.1, 0.15) is 12.6 Å². The number of rotatable bonds is 13. The van der Waals surface area contributed by atoms with Gasteiger partial charge in [0, 0.05) is 19.6 Å². The van der Waals surface area contributed by atoms with Gasteiger partial charge in [-0.1, -0.05) is 25.0 Å². The summed E-state index contributed by atoms with van der Waals surface area (Å²) in [6.07, 6.45) is 6.97. The van der Waals surface area contributed by atoms with Crippen molar-refractivity contribution in [3.63, 3.8) is 0 Å². The van der Waals surface area contributed by atoms with Gasteiger partial charge in [-0.05, 0) is 57.7 Å². The minimum Gasteiger partial charge on any atom is -0.490 e. The summed E-state index contributed by atoms with van der Waals surface area (Å²) in [5.41, 5.74) is 0. The number of urea groups is 1. The zero-order valence-electron chi connectivity index (χ0n) is 18.1. The summed E-state index contributed by atoms with van der Waals surface area (Å²) in [6, 6.07) is 7.47. The van der Waals surface area contributed by atoms with E-state index in [2.05, 4.69) is 5.32 Å². The Kier molecular flexibility index (Phi) is 8.81. The number of piperidine rings is 1. The van der Waals surface area contributed by atoms with Gasteiger partial charge in [0.15, 0.2) is 11.5 Å². The normalized spacial score (nSPS) is 18.6. The van der Waals surface area contributed by atoms with Gasteiger partial charge in [0.2, 0.25) is 0 Å². The lowest BCUT2D eigenvalue weighted by Crippen LogP contribution is -2.39. The number of nitrogens with zero attached hydrogens (tertiary/aromatic N) is 2. The van der Waals surface area contributed by atoms with Crippen molar-refractivity contribution in [2.45, 2.75) is 57.9 Å². The molecule has 7 heteroatoms. The maximum Gasteiger partial charge on any atom is 0.327 e. The Bertz CT molecular complexity index is 673. The first-order valence-electron chi connectivity index (χ1n) is 11.4. The highest BCUT2D eigenvalue weighted by atomic mass is 16.5. The molecule has 3 rings (SSSR count). The number of imide groups is 1. The highest BCUT2D eigenvalue weighted by Gasteiger charge is 2.45. The van der Waals surface area contributed by atoms with Crippen molar-refractivity contribution in [3.8, 4) is 11.5 Å². The van der Waals surface area contributed by atoms with Crippen LogP contribution in [0.4, 0.5) is 4.79 Å². The first-order valence-corrected chi connectivity index (χ1v) is 11.4. The molecule has 1 aromatic carbocycles. The molecule has 2 aliphatic rings. The third kappa shape index (κ3) is 5.88. The standard InChI is InChI=1S/C23H35N3O4/c1-2-29-20-12-5-6-13-21(20)30-18-15-24-14-8-3-4-9-17-26-22(27)19-11-7-10-16-25(19)23(26)28/h5-6,12-13,19,24H,2-4,7-11,14-18H2,1H3. The lowest BCUT2D eigenvalue weighted by atomic mass is 10.0. The van der Waals surface area contributed by atoms with E-state index >= 15 is 0 Å². The van der Waals surface area contributed by atoms with E-state index in [-0.39, 0.29) is 18.0 Å². The van der Waals surface area contributed by atoms with Crippen LogP contribution in [0.15, 0.2) is 24.3 Å². The number of para-hydroxylation sites is 2. The van der Waals surface area contributed by atoms with E-state index in [9.17, 15) is 9.59 Å². The highest BCUT2D eigenvalue weighted by Crippen LogP contribution is 2.27. The van der Waals surface area contributed by atoms with Crippen molar-refractivity contribution >= 4 is 11.9 Å². The molecule has 30 heavy (non-hydrogen) atoms. The van der Waals surface area contributed by atoms with Crippen LogP contribution in [0, 0.1) is 0 Å². The molecule has 1 aromatic rings. The van der Waals surface area contributed by atoms with E-state index in [1.165, 1.54) is 4.90 Å². The fourth-order valence-electron chi connectivity index (χ4n) is 4.13. The predicted octanol–water partition coefficient (Wildman–Crippen LogP) is 3.43. The second-order valence-corrected chi connectivity index (χ2v) is 7.87. The average molecular weight is 418 g/mol. The number of fused-ring (bicyclic) bond motifs is 1. The number of carbonyl (C=O) groups excluding carboxylic acids is 2. The number of hydrogen-bond donors (Lipinski definition) is 1. The van der Waals surface area contributed by atoms with Gasteiger partial charge >= 0.3 is 6.03 Å². The zero-order chi connectivity index (χ0) is 21.2. The molecule has 2 saturated heterocycles. The smallest absolute Gasteiger partial charge is 0.327 e. The Labute approximate surface area is 179 Å². The number of carbonyl (C=O) groups is 2. The summed E-state index contributed by atoms with van der Waals surface area (Å²) in [5, 5.41) is 3.40. The Morgan fingerprint density at radius 3 is 2.53 bits per heavy atom. The maximum absolute atomic E-state index is 12.4. The molecule has 0 radical (unpaired) electrons. The lowest BCUT2D eigenvalue weighted by Gasteiger charge is -2.26. The first-order chi connectivity index (χ1) is 14.7. The zero-order valence-corrected chi connectivity index (χ0v) is 18.1. The van der Waals surface area contributed by atoms with Crippen LogP contribution in [0.1, 0.15) is 51.9 Å². The summed E-state index contributed by atoms with van der Waals surface area (Å²) >= 11 is 0. The van der Waals surface area contributed by atoms with Gasteiger partial charge in [0.25, 0.3) is 5.91 Å². The Morgan fingerprint density at radius 1 is 1.00 bits per heavy atom. The summed E-state index contributed by atoms with van der Waals surface area (Å²) < 4.78 is 11.3. The molecule has 0 aromatic heterocycles. The van der Waals surface area contributed by atoms with Crippen LogP contribution >= 0.6 is 0 Å². The second-order valence-electron chi connectivity index (χ2n) is 7.87. The van der Waals surface area contributed by atoms with E-state index in [1.54, 1.807) is 4.90 Å². The van der Waals surface area contributed by atoms with Crippen molar-refractivity contribution in [1.29, 1.82) is 0 Å². The van der Waals surface area contributed by atoms with Crippen LogP contribution in [0.5, 0.6) is 11.5 Å². The largest absolute Gasteiger partial charge is 0.490 e. The topological polar surface area (TPSA) is 71.1 Å². The summed E-state index contributed by atoms with van der Waals surface area (Å²) in [5.74, 6) is 1.58. The first kappa shape index (κ1) is 22.4. The molecule has 7 nitrogen and oxygen atoms in total. The fourth-order valence-corrected chi connectivity index (χ4v) is 4.13. The minimum absolute atomic E-state index is 0.0206. The minimum atomic E-state index is -0.182. The third-order valence-electron chi connectivity index (χ3n) is 5.70. The molecular weight excluding hydrogens is 382 g/mol. The van der Waals surface area contributed by atoms with Gasteiger partial charge in [-0.25, -0.2) is 4.79 Å². The van der Waals surface area contributed by atoms with Crippen molar-refractivity contribution in [2.75, 3.05) is 39.4 Å². The van der Waals surface area contributed by atoms with Crippen molar-refractivity contribution in [2.24, 2.45) is 0 Å². The number of ether oxygens (including phenoxy) is 2. The van der Waals surface area contributed by atoms with Crippen LogP contribution in [-0.2, 0) is 4.79 Å². The van der Waals surface area contributed by atoms with Crippen molar-refractivity contribution in [1.82, 2.24) is 15.1 Å². The van der Waals surface area contributed by atoms with E-state index < -0.39 is 0 Å². The molecule has 3 amide bonds. The van der Waals surface area contributed by atoms with Gasteiger partial charge in [-0.2, -0.15) is 0 Å². The molecule has 1 atom stereocenters. The van der Waals surface area contributed by atoms with E-state index in [0.29, 0.717) is 19.8 Å². The molecular formula is C23H35N3O4. The lowest BCUT2D eigenvalue weighted by molar-refractivity contribution is -0.128. The summed E-state index contributed by atoms with van der Waals surface area (Å²) in [6.45, 7) is 6.20. The molecule has 0 bridgehead atoms. The SMILES string of the molecule is CCOc1ccccc1OCCNCCCCCCN1C(=O)C2CCCCN2C1=O. The van der Waals surface area contributed by atoms with Gasteiger partial charge in [-0.15, -0.1) is 0 Å². The molecule has 1 unspecified atom stereocenters. The van der Waals surface area contributed by atoms with Crippen molar-refractivity contribution in [3.05, 3.63) is 24.3 Å².